The number of piperidine rings is 2. The van der Waals surface area contributed by atoms with E-state index in [2.05, 4.69) is 85.4 Å². The van der Waals surface area contributed by atoms with Gasteiger partial charge in [-0.2, -0.15) is 0 Å². The van der Waals surface area contributed by atoms with Crippen molar-refractivity contribution in [3.63, 3.8) is 0 Å². The van der Waals surface area contributed by atoms with Gasteiger partial charge in [0.15, 0.2) is 0 Å². The minimum absolute atomic E-state index is 0.531. The largest absolute Gasteiger partial charge is 0.363 e. The number of aryl methyl sites for hydroxylation is 1. The van der Waals surface area contributed by atoms with Gasteiger partial charge in [-0.25, -0.2) is 0 Å². The second-order valence-corrected chi connectivity index (χ2v) is 9.76. The van der Waals surface area contributed by atoms with Crippen LogP contribution in [-0.4, -0.2) is 18.0 Å². The number of nitrogens with zero attached hydrogens (tertiary/aromatic N) is 1. The molecule has 2 aromatic carbocycles. The highest BCUT2D eigenvalue weighted by Gasteiger charge is 2.23. The summed E-state index contributed by atoms with van der Waals surface area (Å²) in [7, 11) is 0. The van der Waals surface area contributed by atoms with Crippen LogP contribution in [0.25, 0.3) is 5.57 Å². The van der Waals surface area contributed by atoms with Gasteiger partial charge in [0, 0.05) is 17.9 Å². The van der Waals surface area contributed by atoms with Crippen LogP contribution >= 0.6 is 0 Å². The molecule has 4 rings (SSSR count). The molecular weight excluding hydrogens is 388 g/mol. The summed E-state index contributed by atoms with van der Waals surface area (Å²) in [6.07, 6.45) is 6.92. The van der Waals surface area contributed by atoms with Crippen LogP contribution in [-0.2, 0) is 13.0 Å². The quantitative estimate of drug-likeness (QED) is 0.510. The van der Waals surface area contributed by atoms with Crippen LogP contribution in [0, 0.1) is 5.92 Å². The predicted molar refractivity (Wildman–Crippen MR) is 137 cm³/mol. The Balaban J connectivity index is 1.40. The SMILES string of the molecule is C=C1CCC(CCc2cc(C3CCN(Cc4ccccc4)CC3)ccc2C(=C)C)C(=C)N1. The maximum absolute atomic E-state index is 4.25. The fourth-order valence-electron chi connectivity index (χ4n) is 5.32. The Morgan fingerprint density at radius 2 is 1.78 bits per heavy atom. The Kier molecular flexibility index (Phi) is 7.32. The molecule has 168 valence electrons. The first-order chi connectivity index (χ1) is 15.5. The van der Waals surface area contributed by atoms with Crippen molar-refractivity contribution in [3.05, 3.63) is 102 Å². The maximum Gasteiger partial charge on any atom is 0.0233 e. The van der Waals surface area contributed by atoms with Crippen molar-refractivity contribution < 1.29 is 0 Å². The number of likely N-dealkylation sites (tertiary alicyclic amines) is 1. The van der Waals surface area contributed by atoms with Crippen molar-refractivity contribution in [2.24, 2.45) is 5.92 Å². The molecule has 2 heteroatoms. The van der Waals surface area contributed by atoms with E-state index in [1.807, 2.05) is 0 Å². The van der Waals surface area contributed by atoms with E-state index < -0.39 is 0 Å². The van der Waals surface area contributed by atoms with Crippen molar-refractivity contribution in [1.29, 1.82) is 0 Å². The van der Waals surface area contributed by atoms with Crippen LogP contribution < -0.4 is 5.32 Å². The van der Waals surface area contributed by atoms with E-state index in [0.29, 0.717) is 11.8 Å². The number of allylic oxidation sites excluding steroid dienone is 3. The van der Waals surface area contributed by atoms with Crippen LogP contribution in [0.5, 0.6) is 0 Å². The zero-order chi connectivity index (χ0) is 22.5. The van der Waals surface area contributed by atoms with Crippen molar-refractivity contribution in [1.82, 2.24) is 10.2 Å². The normalized spacial score (nSPS) is 20.2. The summed E-state index contributed by atoms with van der Waals surface area (Å²) in [5, 5.41) is 3.38. The molecule has 2 aromatic rings. The van der Waals surface area contributed by atoms with Crippen LogP contribution in [0.15, 0.2) is 79.7 Å². The lowest BCUT2D eigenvalue weighted by molar-refractivity contribution is 0.204. The first-order valence-corrected chi connectivity index (χ1v) is 12.2. The van der Waals surface area contributed by atoms with Crippen molar-refractivity contribution in [2.75, 3.05) is 13.1 Å². The third kappa shape index (κ3) is 5.61. The van der Waals surface area contributed by atoms with Gasteiger partial charge in [-0.1, -0.05) is 73.8 Å². The molecule has 2 heterocycles. The maximum atomic E-state index is 4.25. The molecule has 2 fully saturated rings. The molecular formula is C30H38N2. The minimum atomic E-state index is 0.531. The molecule has 0 amide bonds. The second-order valence-electron chi connectivity index (χ2n) is 9.76. The molecule has 2 saturated heterocycles. The third-order valence-electron chi connectivity index (χ3n) is 7.28. The fraction of sp³-hybridized carbons (Fsp3) is 0.400. The average Bonchev–Trinajstić information content (AvgIpc) is 2.79. The van der Waals surface area contributed by atoms with Gasteiger partial charge >= 0.3 is 0 Å². The number of hydrogen-bond acceptors (Lipinski definition) is 2. The first kappa shape index (κ1) is 22.6. The van der Waals surface area contributed by atoms with Gasteiger partial charge in [0.05, 0.1) is 0 Å². The van der Waals surface area contributed by atoms with E-state index in [0.717, 1.165) is 43.6 Å². The van der Waals surface area contributed by atoms with Gasteiger partial charge in [0.25, 0.3) is 0 Å². The zero-order valence-corrected chi connectivity index (χ0v) is 19.7. The first-order valence-electron chi connectivity index (χ1n) is 12.2. The molecule has 0 radical (unpaired) electrons. The molecule has 1 N–H and O–H groups in total. The fourth-order valence-corrected chi connectivity index (χ4v) is 5.32. The van der Waals surface area contributed by atoms with E-state index in [9.17, 15) is 0 Å². The lowest BCUT2D eigenvalue weighted by atomic mass is 9.84. The summed E-state index contributed by atoms with van der Waals surface area (Å²) in [5.41, 5.74) is 9.13. The number of benzene rings is 2. The van der Waals surface area contributed by atoms with Crippen molar-refractivity contribution in [3.8, 4) is 0 Å². The molecule has 0 saturated carbocycles. The number of rotatable bonds is 7. The summed E-state index contributed by atoms with van der Waals surface area (Å²) in [4.78, 5) is 2.60. The molecule has 0 spiro atoms. The van der Waals surface area contributed by atoms with Gasteiger partial charge in [0.2, 0.25) is 0 Å². The van der Waals surface area contributed by atoms with E-state index in [1.165, 1.54) is 53.8 Å². The Morgan fingerprint density at radius 3 is 2.47 bits per heavy atom. The molecule has 0 bridgehead atoms. The van der Waals surface area contributed by atoms with Crippen LogP contribution in [0.4, 0.5) is 0 Å². The molecule has 1 atom stereocenters. The van der Waals surface area contributed by atoms with Gasteiger partial charge in [0.1, 0.15) is 0 Å². The van der Waals surface area contributed by atoms with Gasteiger partial charge in [-0.3, -0.25) is 4.90 Å². The molecule has 0 aromatic heterocycles. The minimum Gasteiger partial charge on any atom is -0.363 e. The molecule has 2 aliphatic rings. The molecule has 0 aliphatic carbocycles. The summed E-state index contributed by atoms with van der Waals surface area (Å²) < 4.78 is 0. The van der Waals surface area contributed by atoms with Crippen molar-refractivity contribution in [2.45, 2.75) is 57.9 Å². The lowest BCUT2D eigenvalue weighted by Crippen LogP contribution is -2.32. The van der Waals surface area contributed by atoms with E-state index in [-0.39, 0.29) is 0 Å². The Hall–Kier alpha value is -2.58. The highest BCUT2D eigenvalue weighted by molar-refractivity contribution is 5.65. The standard InChI is InChI=1S/C30H38N2/c1-22(2)30-15-14-28(20-29(30)13-12-26-11-10-23(3)31-24(26)4)27-16-18-32(19-17-27)21-25-8-6-5-7-9-25/h5-9,14-15,20,26-27,31H,1,3-4,10-13,16-19,21H2,2H3. The predicted octanol–water partition coefficient (Wildman–Crippen LogP) is 7.06. The van der Waals surface area contributed by atoms with Crippen LogP contribution in [0.3, 0.4) is 0 Å². The highest BCUT2D eigenvalue weighted by atomic mass is 15.1. The summed E-state index contributed by atoms with van der Waals surface area (Å²) in [5.74, 6) is 1.19. The van der Waals surface area contributed by atoms with E-state index in [1.54, 1.807) is 0 Å². The molecule has 32 heavy (non-hydrogen) atoms. The zero-order valence-electron chi connectivity index (χ0n) is 19.7. The molecule has 1 unspecified atom stereocenters. The molecule has 2 nitrogen and oxygen atoms in total. The van der Waals surface area contributed by atoms with Crippen LogP contribution in [0.2, 0.25) is 0 Å². The number of hydrogen-bond donors (Lipinski definition) is 1. The Morgan fingerprint density at radius 1 is 1.03 bits per heavy atom. The van der Waals surface area contributed by atoms with Gasteiger partial charge in [-0.05, 0) is 92.6 Å². The molecule has 2 aliphatic heterocycles. The lowest BCUT2D eigenvalue weighted by Gasteiger charge is -2.32. The van der Waals surface area contributed by atoms with Gasteiger partial charge < -0.3 is 5.32 Å². The second kappa shape index (κ2) is 10.4. The van der Waals surface area contributed by atoms with Gasteiger partial charge in [-0.15, -0.1) is 0 Å². The number of nitrogens with one attached hydrogen (secondary N) is 1. The smallest absolute Gasteiger partial charge is 0.0233 e. The average molecular weight is 427 g/mol. The van der Waals surface area contributed by atoms with E-state index in [4.69, 9.17) is 0 Å². The topological polar surface area (TPSA) is 15.3 Å². The summed E-state index contributed by atoms with van der Waals surface area (Å²) >= 11 is 0. The van der Waals surface area contributed by atoms with Crippen LogP contribution in [0.1, 0.15) is 67.2 Å². The van der Waals surface area contributed by atoms with E-state index >= 15 is 0 Å². The third-order valence-corrected chi connectivity index (χ3v) is 7.28. The Bertz CT molecular complexity index is 964. The van der Waals surface area contributed by atoms with Crippen molar-refractivity contribution >= 4 is 5.57 Å². The summed E-state index contributed by atoms with van der Waals surface area (Å²) in [6.45, 7) is 18.1. The highest BCUT2D eigenvalue weighted by Crippen LogP contribution is 2.33. The monoisotopic (exact) mass is 426 g/mol. The summed E-state index contributed by atoms with van der Waals surface area (Å²) in [6, 6.07) is 18.0. The Labute approximate surface area is 194 Å².